The second-order valence-electron chi connectivity index (χ2n) is 5.90. The van der Waals surface area contributed by atoms with Crippen LogP contribution in [0, 0.1) is 6.92 Å². The third kappa shape index (κ3) is 3.34. The van der Waals surface area contributed by atoms with E-state index in [0.717, 1.165) is 33.9 Å². The Labute approximate surface area is 146 Å². The van der Waals surface area contributed by atoms with E-state index in [1.807, 2.05) is 53.9 Å². The Morgan fingerprint density at radius 3 is 2.56 bits per heavy atom. The smallest absolute Gasteiger partial charge is 0.323 e. The van der Waals surface area contributed by atoms with Crippen LogP contribution in [0.25, 0.3) is 16.9 Å². The molecule has 0 radical (unpaired) electrons. The molecule has 3 rings (SSSR count). The molecule has 1 atom stereocenters. The highest BCUT2D eigenvalue weighted by atomic mass is 16.5. The van der Waals surface area contributed by atoms with Crippen molar-refractivity contribution in [3.05, 3.63) is 53.9 Å². The lowest BCUT2D eigenvalue weighted by Gasteiger charge is -2.11. The number of nitrogens with zero attached hydrogens (tertiary/aromatic N) is 2. The summed E-state index contributed by atoms with van der Waals surface area (Å²) in [4.78, 5) is 16.5. The van der Waals surface area contributed by atoms with Crippen LogP contribution in [-0.4, -0.2) is 35.6 Å². The van der Waals surface area contributed by atoms with E-state index < -0.39 is 12.0 Å². The third-order valence-corrected chi connectivity index (χ3v) is 4.15. The molecule has 2 heterocycles. The van der Waals surface area contributed by atoms with Crippen LogP contribution in [0.5, 0.6) is 5.75 Å². The Morgan fingerprint density at radius 2 is 1.92 bits per heavy atom. The van der Waals surface area contributed by atoms with Crippen molar-refractivity contribution >= 4 is 11.6 Å². The average molecular weight is 339 g/mol. The molecule has 2 aromatic heterocycles. The van der Waals surface area contributed by atoms with E-state index in [9.17, 15) is 4.79 Å². The van der Waals surface area contributed by atoms with Gasteiger partial charge in [-0.3, -0.25) is 4.79 Å². The number of imidazole rings is 1. The molecule has 0 amide bonds. The molecule has 1 unspecified atom stereocenters. The van der Waals surface area contributed by atoms with E-state index in [1.54, 1.807) is 7.11 Å². The summed E-state index contributed by atoms with van der Waals surface area (Å²) in [6.07, 6.45) is 2.33. The highest BCUT2D eigenvalue weighted by Crippen LogP contribution is 2.27. The lowest BCUT2D eigenvalue weighted by molar-refractivity contribution is -0.142. The van der Waals surface area contributed by atoms with E-state index in [1.165, 1.54) is 7.11 Å². The first kappa shape index (κ1) is 17.0. The number of fused-ring (bicyclic) bond motifs is 1. The highest BCUT2D eigenvalue weighted by Gasteiger charge is 2.21. The van der Waals surface area contributed by atoms with Crippen molar-refractivity contribution < 1.29 is 14.3 Å². The van der Waals surface area contributed by atoms with Crippen LogP contribution in [0.4, 0.5) is 0 Å². The predicted molar refractivity (Wildman–Crippen MR) is 95.6 cm³/mol. The normalized spacial score (nSPS) is 12.2. The lowest BCUT2D eigenvalue weighted by atomic mass is 10.1. The maximum absolute atomic E-state index is 11.8. The van der Waals surface area contributed by atoms with Gasteiger partial charge in [0.2, 0.25) is 0 Å². The third-order valence-electron chi connectivity index (χ3n) is 4.15. The van der Waals surface area contributed by atoms with E-state index in [0.29, 0.717) is 6.42 Å². The first-order valence-electron chi connectivity index (χ1n) is 7.99. The maximum Gasteiger partial charge on any atom is 0.323 e. The van der Waals surface area contributed by atoms with E-state index in [2.05, 4.69) is 0 Å². The number of rotatable bonds is 5. The van der Waals surface area contributed by atoms with Gasteiger partial charge in [-0.1, -0.05) is 6.07 Å². The zero-order valence-electron chi connectivity index (χ0n) is 14.5. The molecule has 0 saturated carbocycles. The Balaban J connectivity index is 2.12. The maximum atomic E-state index is 11.8. The van der Waals surface area contributed by atoms with Crippen LogP contribution in [-0.2, 0) is 16.0 Å². The molecule has 0 fully saturated rings. The second kappa shape index (κ2) is 6.94. The highest BCUT2D eigenvalue weighted by molar-refractivity contribution is 5.77. The van der Waals surface area contributed by atoms with Gasteiger partial charge in [-0.05, 0) is 42.8 Å². The summed E-state index contributed by atoms with van der Waals surface area (Å²) >= 11 is 0. The van der Waals surface area contributed by atoms with Gasteiger partial charge in [-0.2, -0.15) is 0 Å². The fraction of sp³-hybridized carbons (Fsp3) is 0.263. The minimum absolute atomic E-state index is 0.332. The molecule has 6 heteroatoms. The van der Waals surface area contributed by atoms with Crippen LogP contribution < -0.4 is 10.5 Å². The molecular formula is C19H21N3O3. The van der Waals surface area contributed by atoms with Crippen LogP contribution in [0.2, 0.25) is 0 Å². The van der Waals surface area contributed by atoms with Gasteiger partial charge in [0.15, 0.2) is 0 Å². The van der Waals surface area contributed by atoms with Crippen molar-refractivity contribution in [3.8, 4) is 17.0 Å². The number of hydrogen-bond donors (Lipinski definition) is 1. The number of nitrogens with two attached hydrogens (primary N) is 1. The molecule has 0 saturated heterocycles. The summed E-state index contributed by atoms with van der Waals surface area (Å²) in [5, 5.41) is 0. The minimum atomic E-state index is -0.748. The topological polar surface area (TPSA) is 78.8 Å². The Kier molecular flexibility index (Phi) is 4.72. The molecule has 0 aliphatic carbocycles. The van der Waals surface area contributed by atoms with Crippen molar-refractivity contribution in [2.75, 3.05) is 14.2 Å². The molecule has 130 valence electrons. The number of pyridine rings is 1. The number of ether oxygens (including phenoxy) is 2. The minimum Gasteiger partial charge on any atom is -0.497 e. The van der Waals surface area contributed by atoms with Crippen molar-refractivity contribution in [3.63, 3.8) is 0 Å². The summed E-state index contributed by atoms with van der Waals surface area (Å²) in [6, 6.07) is 10.9. The fourth-order valence-electron chi connectivity index (χ4n) is 2.82. The van der Waals surface area contributed by atoms with Crippen molar-refractivity contribution in [2.45, 2.75) is 19.4 Å². The Morgan fingerprint density at radius 1 is 1.20 bits per heavy atom. The van der Waals surface area contributed by atoms with Gasteiger partial charge < -0.3 is 19.6 Å². The largest absolute Gasteiger partial charge is 0.497 e. The quantitative estimate of drug-likeness (QED) is 0.722. The first-order valence-corrected chi connectivity index (χ1v) is 7.99. The molecule has 0 bridgehead atoms. The van der Waals surface area contributed by atoms with Gasteiger partial charge in [0.25, 0.3) is 0 Å². The molecular weight excluding hydrogens is 318 g/mol. The van der Waals surface area contributed by atoms with E-state index in [-0.39, 0.29) is 0 Å². The Bertz CT molecular complexity index is 900. The first-order chi connectivity index (χ1) is 12.0. The van der Waals surface area contributed by atoms with Gasteiger partial charge in [0, 0.05) is 18.2 Å². The van der Waals surface area contributed by atoms with Crippen LogP contribution in [0.3, 0.4) is 0 Å². The SMILES string of the molecule is COC(=O)C(N)Cc1c(-c2ccc(OC)cc2)nc2ccc(C)cn12. The van der Waals surface area contributed by atoms with Gasteiger partial charge >= 0.3 is 5.97 Å². The van der Waals surface area contributed by atoms with Crippen molar-refractivity contribution in [1.29, 1.82) is 0 Å². The van der Waals surface area contributed by atoms with E-state index >= 15 is 0 Å². The monoisotopic (exact) mass is 339 g/mol. The lowest BCUT2D eigenvalue weighted by Crippen LogP contribution is -2.34. The predicted octanol–water partition coefficient (Wildman–Crippen LogP) is 2.36. The molecule has 0 aliphatic heterocycles. The number of benzene rings is 1. The molecule has 6 nitrogen and oxygen atoms in total. The van der Waals surface area contributed by atoms with Crippen LogP contribution in [0.1, 0.15) is 11.3 Å². The van der Waals surface area contributed by atoms with Gasteiger partial charge in [-0.15, -0.1) is 0 Å². The average Bonchev–Trinajstić information content (AvgIpc) is 2.98. The number of carbonyl (C=O) groups excluding carboxylic acids is 1. The van der Waals surface area contributed by atoms with Gasteiger partial charge in [-0.25, -0.2) is 4.98 Å². The fourth-order valence-corrected chi connectivity index (χ4v) is 2.82. The van der Waals surface area contributed by atoms with Crippen molar-refractivity contribution in [2.24, 2.45) is 5.73 Å². The summed E-state index contributed by atoms with van der Waals surface area (Å²) < 4.78 is 12.0. The number of esters is 1. The molecule has 0 aliphatic rings. The summed E-state index contributed by atoms with van der Waals surface area (Å²) in [5.74, 6) is 0.333. The zero-order chi connectivity index (χ0) is 18.0. The van der Waals surface area contributed by atoms with Gasteiger partial charge in [0.1, 0.15) is 17.4 Å². The number of hydrogen-bond acceptors (Lipinski definition) is 5. The molecule has 1 aromatic carbocycles. The number of methoxy groups -OCH3 is 2. The number of aryl methyl sites for hydroxylation is 1. The van der Waals surface area contributed by atoms with Crippen LogP contribution >= 0.6 is 0 Å². The Hall–Kier alpha value is -2.86. The summed E-state index contributed by atoms with van der Waals surface area (Å²) in [7, 11) is 2.97. The van der Waals surface area contributed by atoms with Crippen molar-refractivity contribution in [1.82, 2.24) is 9.38 Å². The van der Waals surface area contributed by atoms with Gasteiger partial charge in [0.05, 0.1) is 25.6 Å². The van der Waals surface area contributed by atoms with Crippen LogP contribution in [0.15, 0.2) is 42.6 Å². The molecule has 2 N–H and O–H groups in total. The molecule has 0 spiro atoms. The van der Waals surface area contributed by atoms with E-state index in [4.69, 9.17) is 20.2 Å². The number of carbonyl (C=O) groups is 1. The number of aromatic nitrogens is 2. The molecule has 25 heavy (non-hydrogen) atoms. The second-order valence-corrected chi connectivity index (χ2v) is 5.90. The standard InChI is InChI=1S/C19H21N3O3/c1-12-4-9-17-21-18(13-5-7-14(24-2)8-6-13)16(22(17)11-12)10-15(20)19(23)25-3/h4-9,11,15H,10,20H2,1-3H3. The summed E-state index contributed by atoms with van der Waals surface area (Å²) in [6.45, 7) is 2.01. The summed E-state index contributed by atoms with van der Waals surface area (Å²) in [5.41, 5.74) is 10.5. The molecule has 3 aromatic rings. The zero-order valence-corrected chi connectivity index (χ0v) is 14.5.